The molecule has 2 N–H and O–H groups in total. The van der Waals surface area contributed by atoms with Crippen molar-refractivity contribution in [3.05, 3.63) is 81.0 Å². The van der Waals surface area contributed by atoms with Crippen molar-refractivity contribution >= 4 is 81.4 Å². The molecule has 4 rings (SSSR count). The van der Waals surface area contributed by atoms with Crippen molar-refractivity contribution in [3.63, 3.8) is 0 Å². The summed E-state index contributed by atoms with van der Waals surface area (Å²) in [7, 11) is 0. The molecule has 4 aromatic rings. The molecule has 2 heterocycles. The zero-order chi connectivity index (χ0) is 27.8. The maximum absolute atomic E-state index is 12.6. The Balaban J connectivity index is 1.39. The molecular formula is C25H20Cl4N6O3S. The molecule has 0 bridgehead atoms. The lowest BCUT2D eigenvalue weighted by Crippen LogP contribution is -2.20. The highest BCUT2D eigenvalue weighted by Crippen LogP contribution is 2.31. The van der Waals surface area contributed by atoms with Gasteiger partial charge in [0.05, 0.1) is 50.4 Å². The number of thioether (sulfide) groups is 1. The van der Waals surface area contributed by atoms with E-state index in [2.05, 4.69) is 25.8 Å². The summed E-state index contributed by atoms with van der Waals surface area (Å²) >= 11 is 25.7. The van der Waals surface area contributed by atoms with Crippen LogP contribution in [0.2, 0.25) is 20.1 Å². The average Bonchev–Trinajstić information content (AvgIpc) is 3.33. The predicted octanol–water partition coefficient (Wildman–Crippen LogP) is 6.34. The average molecular weight is 626 g/mol. The number of para-hydroxylation sites is 2. The Morgan fingerprint density at radius 2 is 1.38 bits per heavy atom. The first kappa shape index (κ1) is 29.1. The van der Waals surface area contributed by atoms with Crippen LogP contribution in [0.3, 0.4) is 0 Å². The number of carbonyl (C=O) groups is 2. The Hall–Kier alpha value is -2.86. The van der Waals surface area contributed by atoms with Crippen LogP contribution >= 0.6 is 58.2 Å². The highest BCUT2D eigenvalue weighted by Gasteiger charge is 2.17. The van der Waals surface area contributed by atoms with Gasteiger partial charge in [0.15, 0.2) is 11.0 Å². The second-order valence-electron chi connectivity index (χ2n) is 7.82. The Morgan fingerprint density at radius 1 is 0.821 bits per heavy atom. The summed E-state index contributed by atoms with van der Waals surface area (Å²) < 4.78 is 7.40. The van der Waals surface area contributed by atoms with Crippen LogP contribution in [-0.4, -0.2) is 50.5 Å². The molecule has 0 atom stereocenters. The third-order valence-corrected chi connectivity index (χ3v) is 7.36. The van der Waals surface area contributed by atoms with E-state index in [1.54, 1.807) is 65.5 Å². The number of ether oxygens (including phenoxy) is 1. The van der Waals surface area contributed by atoms with Crippen molar-refractivity contribution in [2.24, 2.45) is 0 Å². The zero-order valence-corrected chi connectivity index (χ0v) is 23.9. The second-order valence-corrected chi connectivity index (χ2v) is 10.4. The van der Waals surface area contributed by atoms with E-state index >= 15 is 0 Å². The first-order chi connectivity index (χ1) is 18.8. The van der Waals surface area contributed by atoms with Gasteiger partial charge in [-0.2, -0.15) is 0 Å². The SMILES string of the molecule is O=C(COCCn1c(SCC(=O)Nc2c(Cl)cccc2Cl)nnc1-c1ccncc1)Nc1c(Cl)cccc1Cl. The Kier molecular flexibility index (Phi) is 10.4. The molecule has 0 radical (unpaired) electrons. The molecule has 0 aliphatic rings. The van der Waals surface area contributed by atoms with E-state index in [0.29, 0.717) is 49.0 Å². The summed E-state index contributed by atoms with van der Waals surface area (Å²) in [5.41, 5.74) is 1.45. The summed E-state index contributed by atoms with van der Waals surface area (Å²) in [6.45, 7) is 0.248. The van der Waals surface area contributed by atoms with Crippen molar-refractivity contribution in [1.82, 2.24) is 19.7 Å². The maximum atomic E-state index is 12.6. The number of nitrogens with zero attached hydrogens (tertiary/aromatic N) is 4. The lowest BCUT2D eigenvalue weighted by atomic mass is 10.2. The largest absolute Gasteiger partial charge is 0.370 e. The molecule has 0 aliphatic carbocycles. The molecule has 0 fully saturated rings. The summed E-state index contributed by atoms with van der Waals surface area (Å²) in [6.07, 6.45) is 3.28. The molecule has 0 saturated carbocycles. The number of benzene rings is 2. The fourth-order valence-corrected chi connectivity index (χ4v) is 5.10. The standard InChI is InChI=1S/C25H20Cl4N6O3S/c26-16-3-1-4-17(27)22(16)31-20(36)13-38-12-11-35-24(15-7-9-30-10-8-15)33-34-25(35)39-14-21(37)32-23-18(28)5-2-6-19(23)29/h1-10H,11-14H2,(H,31,36)(H,32,37). The fourth-order valence-electron chi connectivity index (χ4n) is 3.35. The van der Waals surface area contributed by atoms with E-state index < -0.39 is 5.91 Å². The minimum Gasteiger partial charge on any atom is -0.370 e. The number of halogens is 4. The van der Waals surface area contributed by atoms with E-state index in [0.717, 1.165) is 5.56 Å². The number of hydrogen-bond donors (Lipinski definition) is 2. The van der Waals surface area contributed by atoms with E-state index in [-0.39, 0.29) is 24.9 Å². The number of aromatic nitrogens is 4. The minimum absolute atomic E-state index is 0.0257. The van der Waals surface area contributed by atoms with E-state index in [1.807, 2.05) is 0 Å². The van der Waals surface area contributed by atoms with E-state index in [9.17, 15) is 9.59 Å². The number of carbonyl (C=O) groups excluding carboxylic acids is 2. The van der Waals surface area contributed by atoms with Crippen LogP contribution in [0.4, 0.5) is 11.4 Å². The van der Waals surface area contributed by atoms with Gasteiger partial charge in [0.2, 0.25) is 11.8 Å². The van der Waals surface area contributed by atoms with Crippen molar-refractivity contribution in [2.75, 3.05) is 29.6 Å². The molecule has 0 unspecified atom stereocenters. The van der Waals surface area contributed by atoms with E-state index in [1.165, 1.54) is 11.8 Å². The lowest BCUT2D eigenvalue weighted by Gasteiger charge is -2.12. The van der Waals surface area contributed by atoms with Crippen LogP contribution in [0.5, 0.6) is 0 Å². The molecule has 202 valence electrons. The molecule has 0 saturated heterocycles. The molecule has 39 heavy (non-hydrogen) atoms. The monoisotopic (exact) mass is 624 g/mol. The van der Waals surface area contributed by atoms with Gasteiger partial charge in [-0.1, -0.05) is 70.3 Å². The molecule has 2 aromatic heterocycles. The second kappa shape index (κ2) is 14.0. The number of nitrogens with one attached hydrogen (secondary N) is 2. The third-order valence-electron chi connectivity index (χ3n) is 5.13. The van der Waals surface area contributed by atoms with Gasteiger partial charge in [0.1, 0.15) is 6.61 Å². The van der Waals surface area contributed by atoms with Gasteiger partial charge in [-0.25, -0.2) is 0 Å². The van der Waals surface area contributed by atoms with Gasteiger partial charge in [0.25, 0.3) is 0 Å². The Bertz CT molecular complexity index is 1430. The molecular weight excluding hydrogens is 606 g/mol. The van der Waals surface area contributed by atoms with Crippen molar-refractivity contribution in [2.45, 2.75) is 11.7 Å². The summed E-state index contributed by atoms with van der Waals surface area (Å²) in [6, 6.07) is 13.5. The van der Waals surface area contributed by atoms with Crippen LogP contribution in [0.15, 0.2) is 66.1 Å². The Labute approximate surface area is 248 Å². The molecule has 14 heteroatoms. The molecule has 0 spiro atoms. The predicted molar refractivity (Wildman–Crippen MR) is 155 cm³/mol. The van der Waals surface area contributed by atoms with Gasteiger partial charge in [0, 0.05) is 18.0 Å². The lowest BCUT2D eigenvalue weighted by molar-refractivity contribution is -0.120. The summed E-state index contributed by atoms with van der Waals surface area (Å²) in [5.74, 6) is -0.142. The van der Waals surface area contributed by atoms with Gasteiger partial charge in [-0.3, -0.25) is 19.1 Å². The zero-order valence-electron chi connectivity index (χ0n) is 20.0. The van der Waals surface area contributed by atoms with Crippen LogP contribution in [0, 0.1) is 0 Å². The summed E-state index contributed by atoms with van der Waals surface area (Å²) in [5, 5.41) is 15.7. The molecule has 9 nitrogen and oxygen atoms in total. The number of hydrogen-bond acceptors (Lipinski definition) is 7. The molecule has 2 aromatic carbocycles. The normalized spacial score (nSPS) is 10.9. The number of pyridine rings is 1. The van der Waals surface area contributed by atoms with Crippen LogP contribution in [-0.2, 0) is 20.9 Å². The van der Waals surface area contributed by atoms with Gasteiger partial charge < -0.3 is 15.4 Å². The molecule has 2 amide bonds. The number of rotatable bonds is 11. The number of amides is 2. The van der Waals surface area contributed by atoms with Gasteiger partial charge in [-0.15, -0.1) is 10.2 Å². The van der Waals surface area contributed by atoms with Gasteiger partial charge >= 0.3 is 0 Å². The fraction of sp³-hybridized carbons (Fsp3) is 0.160. The summed E-state index contributed by atoms with van der Waals surface area (Å²) in [4.78, 5) is 29.0. The third kappa shape index (κ3) is 7.84. The van der Waals surface area contributed by atoms with E-state index in [4.69, 9.17) is 51.1 Å². The van der Waals surface area contributed by atoms with Crippen LogP contribution in [0.1, 0.15) is 0 Å². The quantitative estimate of drug-likeness (QED) is 0.148. The Morgan fingerprint density at radius 3 is 1.97 bits per heavy atom. The van der Waals surface area contributed by atoms with Crippen LogP contribution in [0.25, 0.3) is 11.4 Å². The van der Waals surface area contributed by atoms with Gasteiger partial charge in [-0.05, 0) is 36.4 Å². The van der Waals surface area contributed by atoms with Crippen LogP contribution < -0.4 is 10.6 Å². The van der Waals surface area contributed by atoms with Crippen molar-refractivity contribution < 1.29 is 14.3 Å². The minimum atomic E-state index is -0.410. The van der Waals surface area contributed by atoms with Crippen molar-refractivity contribution in [3.8, 4) is 11.4 Å². The first-order valence-corrected chi connectivity index (χ1v) is 13.8. The highest BCUT2D eigenvalue weighted by atomic mass is 35.5. The topological polar surface area (TPSA) is 111 Å². The number of anilines is 2. The smallest absolute Gasteiger partial charge is 0.250 e. The first-order valence-electron chi connectivity index (χ1n) is 11.4. The highest BCUT2D eigenvalue weighted by molar-refractivity contribution is 7.99. The van der Waals surface area contributed by atoms with Crippen molar-refractivity contribution in [1.29, 1.82) is 0 Å². The maximum Gasteiger partial charge on any atom is 0.250 e. The molecule has 0 aliphatic heterocycles.